The molecule has 0 aliphatic carbocycles. The van der Waals surface area contributed by atoms with Crippen LogP contribution in [0.15, 0.2) is 114 Å². The fourth-order valence-electron chi connectivity index (χ4n) is 6.76. The van der Waals surface area contributed by atoms with Gasteiger partial charge in [0.1, 0.15) is 5.58 Å². The third-order valence-corrected chi connectivity index (χ3v) is 11.5. The fourth-order valence-corrected chi connectivity index (χ4v) is 8.34. The second kappa shape index (κ2) is 15.4. The van der Waals surface area contributed by atoms with Crippen molar-refractivity contribution < 1.29 is 28.9 Å². The molecule has 1 radical (unpaired) electrons. The third-order valence-electron chi connectivity index (χ3n) is 9.45. The first-order chi connectivity index (χ1) is 24.1. The summed E-state index contributed by atoms with van der Waals surface area (Å²) >= 11 is 0. The molecule has 7 aromatic rings. The van der Waals surface area contributed by atoms with E-state index in [1.807, 2.05) is 30.5 Å². The number of pyridine rings is 2. The van der Waals surface area contributed by atoms with Crippen molar-refractivity contribution in [3.05, 3.63) is 150 Å². The van der Waals surface area contributed by atoms with E-state index in [9.17, 15) is 4.39 Å². The maximum atomic E-state index is 14.4. The molecule has 4 aromatic carbocycles. The van der Waals surface area contributed by atoms with Crippen molar-refractivity contribution in [2.45, 2.75) is 73.0 Å². The van der Waals surface area contributed by atoms with Gasteiger partial charge in [-0.25, -0.2) is 0 Å². The van der Waals surface area contributed by atoms with Crippen molar-refractivity contribution in [2.75, 3.05) is 0 Å². The van der Waals surface area contributed by atoms with Gasteiger partial charge < -0.3 is 14.4 Å². The zero-order valence-corrected chi connectivity index (χ0v) is 35.0. The quantitative estimate of drug-likeness (QED) is 0.123. The van der Waals surface area contributed by atoms with E-state index in [-0.39, 0.29) is 36.8 Å². The van der Waals surface area contributed by atoms with Gasteiger partial charge in [-0.2, -0.15) is 0 Å². The van der Waals surface area contributed by atoms with Crippen LogP contribution in [0, 0.1) is 30.3 Å². The summed E-state index contributed by atoms with van der Waals surface area (Å²) in [7, 11) is -1.49. The van der Waals surface area contributed by atoms with Gasteiger partial charge in [-0.1, -0.05) is 156 Å². The van der Waals surface area contributed by atoms with Crippen molar-refractivity contribution in [2.24, 2.45) is 5.41 Å². The summed E-state index contributed by atoms with van der Waals surface area (Å²) in [5.74, 6) is -0.220. The standard InChI is InChI=1S/C26H20NO.C20H27FNSi.Ir/c1-26(2,18-10-4-3-5-11-18)22-15-9-13-20-19-12-8-14-21(24(19)28-25(20)22)23-16-6-7-17-27-23;1-14-9-8-10-16(19(14)21)17-11-15(12-20(2,3)4)18(13-22-17)23(5,6)7;/h3-13,15-17H,1-2H3;8-9,11,13H,12H2,1-7H3;/q2*-1;. The second-order valence-electron chi connectivity index (χ2n) is 16.1. The Kier molecular flexibility index (Phi) is 11.5. The number of para-hydroxylation sites is 1. The maximum absolute atomic E-state index is 14.4. The first kappa shape index (κ1) is 39.0. The number of nitrogens with zero attached hydrogens (tertiary/aromatic N) is 2. The zero-order chi connectivity index (χ0) is 36.6. The van der Waals surface area contributed by atoms with Crippen LogP contribution in [0.1, 0.15) is 56.9 Å². The zero-order valence-electron chi connectivity index (χ0n) is 31.6. The summed E-state index contributed by atoms with van der Waals surface area (Å²) in [6.07, 6.45) is 4.74. The molecule has 0 aliphatic heterocycles. The van der Waals surface area contributed by atoms with Crippen LogP contribution in [-0.4, -0.2) is 18.0 Å². The summed E-state index contributed by atoms with van der Waals surface area (Å²) in [6.45, 7) is 20.0. The number of hydrogen-bond acceptors (Lipinski definition) is 3. The van der Waals surface area contributed by atoms with Gasteiger partial charge >= 0.3 is 0 Å². The predicted molar refractivity (Wildman–Crippen MR) is 214 cm³/mol. The first-order valence-corrected chi connectivity index (χ1v) is 21.1. The van der Waals surface area contributed by atoms with Gasteiger partial charge in [-0.15, -0.1) is 36.4 Å². The van der Waals surface area contributed by atoms with Crippen molar-refractivity contribution in [1.82, 2.24) is 9.97 Å². The Morgan fingerprint density at radius 1 is 0.731 bits per heavy atom. The molecule has 0 spiro atoms. The van der Waals surface area contributed by atoms with E-state index in [4.69, 9.17) is 4.42 Å². The van der Waals surface area contributed by atoms with Gasteiger partial charge in [-0.3, -0.25) is 4.39 Å². The Morgan fingerprint density at radius 2 is 1.40 bits per heavy atom. The topological polar surface area (TPSA) is 38.9 Å². The number of furan rings is 1. The van der Waals surface area contributed by atoms with Gasteiger partial charge in [0.15, 0.2) is 0 Å². The molecule has 3 heterocycles. The number of fused-ring (bicyclic) bond motifs is 3. The molecular formula is C46H47FIrN2OSi-2. The molecule has 269 valence electrons. The van der Waals surface area contributed by atoms with E-state index in [1.54, 1.807) is 25.3 Å². The third kappa shape index (κ3) is 8.20. The van der Waals surface area contributed by atoms with Crippen molar-refractivity contribution >= 4 is 35.2 Å². The molecule has 3 nitrogen and oxygen atoms in total. The van der Waals surface area contributed by atoms with Crippen LogP contribution in [0.2, 0.25) is 19.6 Å². The van der Waals surface area contributed by atoms with Crippen LogP contribution in [0.4, 0.5) is 4.39 Å². The van der Waals surface area contributed by atoms with Crippen LogP contribution in [-0.2, 0) is 31.9 Å². The van der Waals surface area contributed by atoms with Crippen LogP contribution < -0.4 is 5.19 Å². The Hall–Kier alpha value is -4.22. The molecule has 0 N–H and O–H groups in total. The van der Waals surface area contributed by atoms with Gasteiger partial charge in [-0.05, 0) is 40.0 Å². The van der Waals surface area contributed by atoms with E-state index in [1.165, 1.54) is 21.9 Å². The van der Waals surface area contributed by atoms with Gasteiger partial charge in [0.2, 0.25) is 0 Å². The molecule has 3 aromatic heterocycles. The molecule has 0 saturated carbocycles. The average molecular weight is 883 g/mol. The van der Waals surface area contributed by atoms with E-state index in [0.717, 1.165) is 39.6 Å². The summed E-state index contributed by atoms with van der Waals surface area (Å²) in [5, 5.41) is 3.59. The van der Waals surface area contributed by atoms with Gasteiger partial charge in [0, 0.05) is 54.7 Å². The average Bonchev–Trinajstić information content (AvgIpc) is 3.48. The van der Waals surface area contributed by atoms with Crippen LogP contribution in [0.3, 0.4) is 0 Å². The number of aromatic nitrogens is 2. The minimum Gasteiger partial charge on any atom is -0.500 e. The predicted octanol–water partition coefficient (Wildman–Crippen LogP) is 11.9. The maximum Gasteiger partial charge on any atom is 0.125 e. The van der Waals surface area contributed by atoms with Crippen molar-refractivity contribution in [3.63, 3.8) is 0 Å². The SMILES string of the molecule is CC(C)(c1ccccc1)c1cccc2c1oc1c(-c3ccccn3)[c-]ccc12.Cc1cc[c-]c(-c2cc(CC(C)(C)C)c([Si](C)(C)C)cn2)c1F.[Ir]. The minimum atomic E-state index is -1.49. The van der Waals surface area contributed by atoms with Crippen molar-refractivity contribution in [3.8, 4) is 22.5 Å². The van der Waals surface area contributed by atoms with Crippen LogP contribution >= 0.6 is 0 Å². The fraction of sp³-hybridized carbons (Fsp3) is 0.261. The minimum absolute atomic E-state index is 0. The molecule has 0 fully saturated rings. The van der Waals surface area contributed by atoms with Crippen LogP contribution in [0.25, 0.3) is 44.5 Å². The molecule has 0 atom stereocenters. The van der Waals surface area contributed by atoms with Gasteiger partial charge in [0.25, 0.3) is 0 Å². The molecule has 0 aliphatic rings. The Morgan fingerprint density at radius 3 is 2.08 bits per heavy atom. The number of hydrogen-bond donors (Lipinski definition) is 0. The monoisotopic (exact) mass is 883 g/mol. The summed E-state index contributed by atoms with van der Waals surface area (Å²) < 4.78 is 20.9. The second-order valence-corrected chi connectivity index (χ2v) is 21.2. The Labute approximate surface area is 323 Å². The molecule has 6 heteroatoms. The summed E-state index contributed by atoms with van der Waals surface area (Å²) in [4.78, 5) is 9.07. The summed E-state index contributed by atoms with van der Waals surface area (Å²) in [5.41, 5.74) is 9.09. The number of halogens is 1. The number of aryl methyl sites for hydroxylation is 1. The molecule has 0 bridgehead atoms. The normalized spacial score (nSPS) is 12.0. The van der Waals surface area contributed by atoms with Crippen LogP contribution in [0.5, 0.6) is 0 Å². The Bertz CT molecular complexity index is 2300. The molecule has 7 rings (SSSR count). The van der Waals surface area contributed by atoms with Gasteiger partial charge in [0.05, 0.1) is 13.7 Å². The molecular weight excluding hydrogens is 836 g/mol. The largest absolute Gasteiger partial charge is 0.500 e. The van der Waals surface area contributed by atoms with E-state index in [0.29, 0.717) is 16.8 Å². The molecule has 52 heavy (non-hydrogen) atoms. The van der Waals surface area contributed by atoms with E-state index in [2.05, 4.69) is 137 Å². The molecule has 0 unspecified atom stereocenters. The smallest absolute Gasteiger partial charge is 0.125 e. The summed E-state index contributed by atoms with van der Waals surface area (Å²) in [6, 6.07) is 38.9. The van der Waals surface area contributed by atoms with E-state index < -0.39 is 8.07 Å². The Balaban J connectivity index is 0.000000202. The molecule has 0 amide bonds. The van der Waals surface area contributed by atoms with Crippen molar-refractivity contribution in [1.29, 1.82) is 0 Å². The first-order valence-electron chi connectivity index (χ1n) is 17.6. The number of rotatable bonds is 6. The number of benzene rings is 4. The molecule has 0 saturated heterocycles. The van der Waals surface area contributed by atoms with E-state index >= 15 is 0 Å².